The Balaban J connectivity index is 2.52. The lowest BCUT2D eigenvalue weighted by molar-refractivity contribution is -0.146. The summed E-state index contributed by atoms with van der Waals surface area (Å²) in [4.78, 5) is 11.1. The van der Waals surface area contributed by atoms with E-state index in [1.54, 1.807) is 6.92 Å². The first-order valence-electron chi connectivity index (χ1n) is 7.01. The number of rotatable bonds is 9. The van der Waals surface area contributed by atoms with Gasteiger partial charge in [-0.3, -0.25) is 0 Å². The molecule has 0 fully saturated rings. The van der Waals surface area contributed by atoms with E-state index in [1.807, 2.05) is 30.3 Å². The summed E-state index contributed by atoms with van der Waals surface area (Å²) in [6.07, 6.45) is 3.24. The van der Waals surface area contributed by atoms with Crippen molar-refractivity contribution in [1.82, 2.24) is 0 Å². The highest BCUT2D eigenvalue weighted by atomic mass is 16.6. The average Bonchev–Trinajstić information content (AvgIpc) is 2.42. The van der Waals surface area contributed by atoms with Crippen molar-refractivity contribution in [2.75, 3.05) is 0 Å². The summed E-state index contributed by atoms with van der Waals surface area (Å²) in [6, 6.07) is 9.33. The molecule has 0 aliphatic carbocycles. The molecule has 0 saturated carbocycles. The first-order valence-corrected chi connectivity index (χ1v) is 7.01. The number of ketones is 1. The molecule has 1 N–H and O–H groups in total. The average molecular weight is 264 g/mol. The van der Waals surface area contributed by atoms with E-state index in [0.717, 1.165) is 24.8 Å². The summed E-state index contributed by atoms with van der Waals surface area (Å²) in [7, 11) is 0. The van der Waals surface area contributed by atoms with Crippen molar-refractivity contribution in [3.05, 3.63) is 35.9 Å². The topological polar surface area (TPSA) is 46.5 Å². The van der Waals surface area contributed by atoms with Crippen LogP contribution in [0.5, 0.6) is 0 Å². The Kier molecular flexibility index (Phi) is 7.38. The maximum atomic E-state index is 11.1. The molecule has 19 heavy (non-hydrogen) atoms. The molecule has 1 aromatic carbocycles. The van der Waals surface area contributed by atoms with E-state index in [2.05, 4.69) is 6.92 Å². The molecular weight excluding hydrogens is 240 g/mol. The van der Waals surface area contributed by atoms with Crippen molar-refractivity contribution in [3.63, 3.8) is 0 Å². The Morgan fingerprint density at radius 2 is 1.95 bits per heavy atom. The van der Waals surface area contributed by atoms with Gasteiger partial charge in [-0.25, -0.2) is 0 Å². The quantitative estimate of drug-likeness (QED) is 0.693. The molecule has 3 nitrogen and oxygen atoms in total. The molecule has 1 rings (SSSR count). The van der Waals surface area contributed by atoms with E-state index < -0.39 is 6.29 Å². The van der Waals surface area contributed by atoms with Crippen molar-refractivity contribution in [3.8, 4) is 0 Å². The van der Waals surface area contributed by atoms with Gasteiger partial charge in [0.2, 0.25) is 0 Å². The third-order valence-corrected chi connectivity index (χ3v) is 3.10. The number of hydrogen-bond donors (Lipinski definition) is 1. The fourth-order valence-corrected chi connectivity index (χ4v) is 1.95. The Morgan fingerprint density at radius 1 is 1.26 bits per heavy atom. The van der Waals surface area contributed by atoms with Crippen molar-refractivity contribution in [2.45, 2.75) is 58.3 Å². The van der Waals surface area contributed by atoms with Gasteiger partial charge in [0.25, 0.3) is 0 Å². The zero-order valence-corrected chi connectivity index (χ0v) is 11.8. The number of aliphatic hydroxyl groups excluding tert-OH is 1. The summed E-state index contributed by atoms with van der Waals surface area (Å²) in [5, 5.41) is 10.0. The number of carbonyl (C=O) groups is 1. The molecular formula is C16H24O3. The molecule has 0 aliphatic heterocycles. The van der Waals surface area contributed by atoms with Gasteiger partial charge in [-0.15, -0.1) is 0 Å². The maximum absolute atomic E-state index is 11.1. The number of Topliss-reactive ketones (excluding diaryl/α,β-unsaturated/α-hetero) is 1. The summed E-state index contributed by atoms with van der Waals surface area (Å²) < 4.78 is 5.69. The van der Waals surface area contributed by atoms with Crippen LogP contribution in [-0.2, 0) is 9.53 Å². The lowest BCUT2D eigenvalue weighted by Gasteiger charge is -2.21. The Morgan fingerprint density at radius 3 is 2.53 bits per heavy atom. The minimum atomic E-state index is -0.907. The van der Waals surface area contributed by atoms with Crippen molar-refractivity contribution >= 4 is 5.78 Å². The largest absolute Gasteiger partial charge is 0.364 e. The molecule has 106 valence electrons. The van der Waals surface area contributed by atoms with E-state index in [4.69, 9.17) is 4.74 Å². The minimum Gasteiger partial charge on any atom is -0.364 e. The molecule has 0 aliphatic rings. The molecule has 2 unspecified atom stereocenters. The predicted molar refractivity (Wildman–Crippen MR) is 75.7 cm³/mol. The van der Waals surface area contributed by atoms with E-state index in [9.17, 15) is 9.90 Å². The number of ether oxygens (including phenoxy) is 1. The molecule has 2 atom stereocenters. The van der Waals surface area contributed by atoms with Crippen LogP contribution >= 0.6 is 0 Å². The maximum Gasteiger partial charge on any atom is 0.181 e. The van der Waals surface area contributed by atoms with Gasteiger partial charge in [-0.2, -0.15) is 0 Å². The van der Waals surface area contributed by atoms with Gasteiger partial charge in [0.05, 0.1) is 6.10 Å². The van der Waals surface area contributed by atoms with Crippen LogP contribution in [0.25, 0.3) is 0 Å². The molecule has 0 aromatic heterocycles. The fraction of sp³-hybridized carbons (Fsp3) is 0.562. The Bertz CT molecular complexity index is 362. The Labute approximate surface area is 115 Å². The second kappa shape index (κ2) is 8.83. The minimum absolute atomic E-state index is 0.0564. The van der Waals surface area contributed by atoms with E-state index in [1.165, 1.54) is 0 Å². The zero-order chi connectivity index (χ0) is 14.1. The van der Waals surface area contributed by atoms with Gasteiger partial charge in [0.15, 0.2) is 6.29 Å². The van der Waals surface area contributed by atoms with Gasteiger partial charge in [0, 0.05) is 12.0 Å². The highest BCUT2D eigenvalue weighted by molar-refractivity contribution is 5.75. The lowest BCUT2D eigenvalue weighted by atomic mass is 10.1. The van der Waals surface area contributed by atoms with Crippen LogP contribution in [-0.4, -0.2) is 17.0 Å². The van der Waals surface area contributed by atoms with Gasteiger partial charge in [-0.05, 0) is 19.8 Å². The van der Waals surface area contributed by atoms with Crippen LogP contribution in [0.3, 0.4) is 0 Å². The highest BCUT2D eigenvalue weighted by Crippen LogP contribution is 2.21. The van der Waals surface area contributed by atoms with Crippen LogP contribution < -0.4 is 0 Å². The smallest absolute Gasteiger partial charge is 0.181 e. The molecule has 0 saturated heterocycles. The number of hydrogen-bond acceptors (Lipinski definition) is 3. The first-order chi connectivity index (χ1) is 9.13. The first kappa shape index (κ1) is 15.9. The van der Waals surface area contributed by atoms with Gasteiger partial charge in [0.1, 0.15) is 5.78 Å². The van der Waals surface area contributed by atoms with Gasteiger partial charge in [-0.1, -0.05) is 50.1 Å². The summed E-state index contributed by atoms with van der Waals surface area (Å²) >= 11 is 0. The van der Waals surface area contributed by atoms with Crippen molar-refractivity contribution < 1.29 is 14.6 Å². The molecule has 0 bridgehead atoms. The van der Waals surface area contributed by atoms with Gasteiger partial charge >= 0.3 is 0 Å². The van der Waals surface area contributed by atoms with Crippen molar-refractivity contribution in [1.29, 1.82) is 0 Å². The van der Waals surface area contributed by atoms with Crippen LogP contribution in [0.2, 0.25) is 0 Å². The summed E-state index contributed by atoms with van der Waals surface area (Å²) in [6.45, 7) is 3.71. The monoisotopic (exact) mass is 264 g/mol. The van der Waals surface area contributed by atoms with Crippen LogP contribution in [0.4, 0.5) is 0 Å². The SMILES string of the molecule is CCCCC(CCC(C)=O)OC(O)c1ccccc1. The van der Waals surface area contributed by atoms with E-state index >= 15 is 0 Å². The number of benzene rings is 1. The van der Waals surface area contributed by atoms with Crippen LogP contribution in [0.15, 0.2) is 30.3 Å². The second-order valence-electron chi connectivity index (χ2n) is 4.90. The van der Waals surface area contributed by atoms with Crippen LogP contribution in [0.1, 0.15) is 57.8 Å². The lowest BCUT2D eigenvalue weighted by Crippen LogP contribution is -2.18. The zero-order valence-electron chi connectivity index (χ0n) is 11.8. The van der Waals surface area contributed by atoms with E-state index in [-0.39, 0.29) is 11.9 Å². The molecule has 0 radical (unpaired) electrons. The fourth-order valence-electron chi connectivity index (χ4n) is 1.95. The predicted octanol–water partition coefficient (Wildman–Crippen LogP) is 3.62. The second-order valence-corrected chi connectivity index (χ2v) is 4.90. The van der Waals surface area contributed by atoms with E-state index in [0.29, 0.717) is 12.8 Å². The molecule has 3 heteroatoms. The molecule has 1 aromatic rings. The summed E-state index contributed by atoms with van der Waals surface area (Å²) in [5.41, 5.74) is 0.756. The third-order valence-electron chi connectivity index (χ3n) is 3.10. The standard InChI is InChI=1S/C16H24O3/c1-3-4-10-15(12-11-13(2)17)19-16(18)14-8-6-5-7-9-14/h5-9,15-16,18H,3-4,10-12H2,1-2H3. The summed E-state index contributed by atoms with van der Waals surface area (Å²) in [5.74, 6) is 0.166. The van der Waals surface area contributed by atoms with Gasteiger partial charge < -0.3 is 14.6 Å². The van der Waals surface area contributed by atoms with Crippen molar-refractivity contribution in [2.24, 2.45) is 0 Å². The molecule has 0 spiro atoms. The highest BCUT2D eigenvalue weighted by Gasteiger charge is 2.16. The normalized spacial score (nSPS) is 14.1. The third kappa shape index (κ3) is 6.50. The number of aliphatic hydroxyl groups is 1. The van der Waals surface area contributed by atoms with Crippen LogP contribution in [0, 0.1) is 0 Å². The Hall–Kier alpha value is -1.19. The number of carbonyl (C=O) groups excluding carboxylic acids is 1. The molecule has 0 heterocycles. The molecule has 0 amide bonds. The number of unbranched alkanes of at least 4 members (excludes halogenated alkanes) is 1.